The van der Waals surface area contributed by atoms with Gasteiger partial charge in [-0.15, -0.1) is 0 Å². The predicted octanol–water partition coefficient (Wildman–Crippen LogP) is -0.871. The first kappa shape index (κ1) is 12.3. The second kappa shape index (κ2) is 4.02. The number of rotatable bonds is 4. The second-order valence-corrected chi connectivity index (χ2v) is 5.37. The molecule has 1 aliphatic rings. The fourth-order valence-electron chi connectivity index (χ4n) is 1.46. The number of hydrogen-bond acceptors (Lipinski definition) is 4. The Labute approximate surface area is 85.4 Å². The number of aliphatic carboxylic acids is 1. The van der Waals surface area contributed by atoms with E-state index in [4.69, 9.17) is 20.6 Å². The van der Waals surface area contributed by atoms with Gasteiger partial charge in [-0.2, -0.15) is 0 Å². The van der Waals surface area contributed by atoms with Crippen molar-refractivity contribution in [2.45, 2.75) is 18.6 Å². The highest BCUT2D eigenvalue weighted by Gasteiger charge is 2.44. The van der Waals surface area contributed by atoms with Gasteiger partial charge in [0.2, 0.25) is 0 Å². The Balaban J connectivity index is 2.52. The van der Waals surface area contributed by atoms with Gasteiger partial charge in [0, 0.05) is 5.92 Å². The first-order chi connectivity index (χ1) is 6.73. The molecule has 8 heteroatoms. The monoisotopic (exact) mass is 237 g/mol. The van der Waals surface area contributed by atoms with Gasteiger partial charge in [0.05, 0.1) is 5.92 Å². The van der Waals surface area contributed by atoms with E-state index in [-0.39, 0.29) is 12.8 Å². The zero-order chi connectivity index (χ0) is 11.8. The van der Waals surface area contributed by atoms with Crippen LogP contribution in [-0.4, -0.2) is 32.4 Å². The average Bonchev–Trinajstić information content (AvgIpc) is 1.97. The fraction of sp³-hybridized carbons (Fsp3) is 0.714. The number of nitrogens with two attached hydrogens (primary N) is 1. The maximum absolute atomic E-state index is 11.3. The standard InChI is InChI=1S/C7H12NO6P/c8-6(15(12,13)14)5(9)3-1-4(2-3)7(10)11/h3-4,6H,1-2,8H2,(H,10,11)(H2,12,13,14). The van der Waals surface area contributed by atoms with E-state index in [1.54, 1.807) is 0 Å². The molecule has 1 aliphatic carbocycles. The highest BCUT2D eigenvalue weighted by atomic mass is 31.2. The van der Waals surface area contributed by atoms with E-state index >= 15 is 0 Å². The smallest absolute Gasteiger partial charge is 0.349 e. The van der Waals surface area contributed by atoms with Gasteiger partial charge < -0.3 is 20.6 Å². The molecule has 0 aliphatic heterocycles. The molecule has 0 amide bonds. The molecular formula is C7H12NO6P. The van der Waals surface area contributed by atoms with Crippen LogP contribution in [0, 0.1) is 11.8 Å². The molecule has 0 aromatic rings. The molecule has 5 N–H and O–H groups in total. The van der Waals surface area contributed by atoms with E-state index in [1.165, 1.54) is 0 Å². The molecule has 7 nitrogen and oxygen atoms in total. The lowest BCUT2D eigenvalue weighted by molar-refractivity contribution is -0.148. The Morgan fingerprint density at radius 3 is 2.07 bits per heavy atom. The zero-order valence-electron chi connectivity index (χ0n) is 7.74. The maximum atomic E-state index is 11.3. The first-order valence-electron chi connectivity index (χ1n) is 4.30. The van der Waals surface area contributed by atoms with Crippen LogP contribution in [0.5, 0.6) is 0 Å². The molecule has 0 aromatic carbocycles. The van der Waals surface area contributed by atoms with Gasteiger partial charge in [-0.3, -0.25) is 14.2 Å². The molecule has 0 bridgehead atoms. The molecule has 15 heavy (non-hydrogen) atoms. The van der Waals surface area contributed by atoms with Crippen molar-refractivity contribution in [3.8, 4) is 0 Å². The minimum atomic E-state index is -4.61. The molecular weight excluding hydrogens is 225 g/mol. The van der Waals surface area contributed by atoms with Crippen LogP contribution in [0.1, 0.15) is 12.8 Å². The van der Waals surface area contributed by atoms with Crippen molar-refractivity contribution in [2.24, 2.45) is 17.6 Å². The number of carboxylic acids is 1. The predicted molar refractivity (Wildman–Crippen MR) is 48.9 cm³/mol. The summed E-state index contributed by atoms with van der Waals surface area (Å²) in [6.45, 7) is 0. The number of ketones is 1. The molecule has 0 radical (unpaired) electrons. The van der Waals surface area contributed by atoms with Gasteiger partial charge in [0.1, 0.15) is 0 Å². The van der Waals surface area contributed by atoms with Crippen LogP contribution >= 0.6 is 7.60 Å². The number of Topliss-reactive ketones (excluding diaryl/α,β-unsaturated/α-hetero) is 1. The van der Waals surface area contributed by atoms with Crippen LogP contribution in [0.4, 0.5) is 0 Å². The minimum absolute atomic E-state index is 0.113. The lowest BCUT2D eigenvalue weighted by Crippen LogP contribution is -2.43. The third-order valence-electron chi connectivity index (χ3n) is 2.54. The minimum Gasteiger partial charge on any atom is -0.481 e. The number of carbonyl (C=O) groups excluding carboxylic acids is 1. The molecule has 0 saturated heterocycles. The summed E-state index contributed by atoms with van der Waals surface area (Å²) < 4.78 is 10.7. The van der Waals surface area contributed by atoms with Crippen molar-refractivity contribution in [3.63, 3.8) is 0 Å². The van der Waals surface area contributed by atoms with E-state index in [0.29, 0.717) is 0 Å². The van der Waals surface area contributed by atoms with Gasteiger partial charge in [-0.25, -0.2) is 0 Å². The second-order valence-electron chi connectivity index (χ2n) is 3.64. The summed E-state index contributed by atoms with van der Waals surface area (Å²) in [5.74, 6) is -4.79. The lowest BCUT2D eigenvalue weighted by atomic mass is 9.73. The lowest BCUT2D eigenvalue weighted by Gasteiger charge is -2.32. The Morgan fingerprint density at radius 1 is 1.27 bits per heavy atom. The molecule has 1 unspecified atom stereocenters. The van der Waals surface area contributed by atoms with Crippen molar-refractivity contribution in [2.75, 3.05) is 0 Å². The van der Waals surface area contributed by atoms with Crippen molar-refractivity contribution in [1.82, 2.24) is 0 Å². The summed E-state index contributed by atoms with van der Waals surface area (Å²) in [5.41, 5.74) is 5.07. The number of carbonyl (C=O) groups is 2. The summed E-state index contributed by atoms with van der Waals surface area (Å²) >= 11 is 0. The highest BCUT2D eigenvalue weighted by Crippen LogP contribution is 2.43. The zero-order valence-corrected chi connectivity index (χ0v) is 8.63. The van der Waals surface area contributed by atoms with E-state index < -0.39 is 37.0 Å². The third kappa shape index (κ3) is 2.63. The normalized spacial score (nSPS) is 27.9. The van der Waals surface area contributed by atoms with E-state index in [9.17, 15) is 14.2 Å². The summed E-state index contributed by atoms with van der Waals surface area (Å²) in [6, 6.07) is 0. The molecule has 1 saturated carbocycles. The molecule has 1 fully saturated rings. The third-order valence-corrected chi connectivity index (χ3v) is 3.52. The van der Waals surface area contributed by atoms with Crippen molar-refractivity contribution >= 4 is 19.3 Å². The quantitative estimate of drug-likeness (QED) is 0.466. The Hall–Kier alpha value is -0.750. The number of carboxylic acid groups (broad SMARTS) is 1. The molecule has 86 valence electrons. The molecule has 0 spiro atoms. The topological polar surface area (TPSA) is 138 Å². The van der Waals surface area contributed by atoms with Gasteiger partial charge in [-0.05, 0) is 12.8 Å². The largest absolute Gasteiger partial charge is 0.481 e. The van der Waals surface area contributed by atoms with Crippen LogP contribution in [0.15, 0.2) is 0 Å². The molecule has 0 aromatic heterocycles. The summed E-state index contributed by atoms with van der Waals surface area (Å²) in [6.07, 6.45) is 0.226. The Bertz CT molecular complexity index is 330. The van der Waals surface area contributed by atoms with Gasteiger partial charge in [0.25, 0.3) is 0 Å². The van der Waals surface area contributed by atoms with Crippen molar-refractivity contribution < 1.29 is 29.0 Å². The van der Waals surface area contributed by atoms with Crippen LogP contribution in [0.2, 0.25) is 0 Å². The fourth-order valence-corrected chi connectivity index (χ4v) is 2.00. The number of hydrogen-bond donors (Lipinski definition) is 4. The van der Waals surface area contributed by atoms with Crippen molar-refractivity contribution in [3.05, 3.63) is 0 Å². The van der Waals surface area contributed by atoms with Gasteiger partial charge in [0.15, 0.2) is 11.6 Å². The summed E-state index contributed by atoms with van der Waals surface area (Å²) in [4.78, 5) is 39.0. The van der Waals surface area contributed by atoms with Crippen LogP contribution in [0.25, 0.3) is 0 Å². The van der Waals surface area contributed by atoms with Gasteiger partial charge >= 0.3 is 13.6 Å². The molecule has 1 atom stereocenters. The summed E-state index contributed by atoms with van der Waals surface area (Å²) in [7, 11) is -4.61. The van der Waals surface area contributed by atoms with Crippen molar-refractivity contribution in [1.29, 1.82) is 0 Å². The van der Waals surface area contributed by atoms with E-state index in [2.05, 4.69) is 0 Å². The van der Waals surface area contributed by atoms with E-state index in [1.807, 2.05) is 0 Å². The Kier molecular flexibility index (Phi) is 3.30. The van der Waals surface area contributed by atoms with Crippen LogP contribution < -0.4 is 5.73 Å². The molecule has 0 heterocycles. The van der Waals surface area contributed by atoms with Crippen LogP contribution in [-0.2, 0) is 14.2 Å². The van der Waals surface area contributed by atoms with Gasteiger partial charge in [-0.1, -0.05) is 0 Å². The first-order valence-corrected chi connectivity index (χ1v) is 5.99. The maximum Gasteiger partial charge on any atom is 0.349 e. The van der Waals surface area contributed by atoms with E-state index in [0.717, 1.165) is 0 Å². The SMILES string of the molecule is NC(C(=O)C1CC(C(=O)O)C1)P(=O)(O)O. The average molecular weight is 237 g/mol. The molecule has 1 rings (SSSR count). The van der Waals surface area contributed by atoms with Crippen LogP contribution in [0.3, 0.4) is 0 Å². The highest BCUT2D eigenvalue weighted by molar-refractivity contribution is 7.53. The Morgan fingerprint density at radius 2 is 1.73 bits per heavy atom. The summed E-state index contributed by atoms with van der Waals surface area (Å²) in [5, 5.41) is 8.54.